The Morgan fingerprint density at radius 1 is 1.16 bits per heavy atom. The Bertz CT molecular complexity index is 441. The molecular weight excluding hydrogens is 242 g/mol. The number of hydrogen-bond acceptors (Lipinski definition) is 3. The average Bonchev–Trinajstić information content (AvgIpc) is 2.35. The van der Waals surface area contributed by atoms with Gasteiger partial charge >= 0.3 is 6.03 Å². The second-order valence-corrected chi connectivity index (χ2v) is 4.85. The van der Waals surface area contributed by atoms with Crippen LogP contribution >= 0.6 is 0 Å². The molecule has 1 atom stereocenters. The molecule has 0 aliphatic heterocycles. The third kappa shape index (κ3) is 5.09. The molecule has 1 rings (SSSR count). The van der Waals surface area contributed by atoms with Crippen molar-refractivity contribution >= 4 is 11.9 Å². The maximum atomic E-state index is 11.4. The summed E-state index contributed by atoms with van der Waals surface area (Å²) in [5.41, 5.74) is 7.25. The molecule has 0 heterocycles. The lowest BCUT2D eigenvalue weighted by Gasteiger charge is -2.13. The quantitative estimate of drug-likeness (QED) is 0.752. The van der Waals surface area contributed by atoms with Crippen molar-refractivity contribution < 1.29 is 9.59 Å². The van der Waals surface area contributed by atoms with Crippen molar-refractivity contribution in [1.29, 1.82) is 0 Å². The van der Waals surface area contributed by atoms with Crippen LogP contribution in [0.4, 0.5) is 4.79 Å². The third-order valence-corrected chi connectivity index (χ3v) is 2.90. The van der Waals surface area contributed by atoms with Crippen molar-refractivity contribution in [3.8, 4) is 0 Å². The number of hydrogen-bond donors (Lipinski definition) is 3. The first-order chi connectivity index (χ1) is 8.90. The maximum absolute atomic E-state index is 11.4. The van der Waals surface area contributed by atoms with Crippen LogP contribution < -0.4 is 16.4 Å². The molecule has 0 aliphatic carbocycles. The fourth-order valence-electron chi connectivity index (χ4n) is 1.61. The molecule has 0 fully saturated rings. The van der Waals surface area contributed by atoms with Crippen LogP contribution in [-0.2, 0) is 11.3 Å². The highest BCUT2D eigenvalue weighted by Crippen LogP contribution is 2.14. The van der Waals surface area contributed by atoms with Crippen LogP contribution in [-0.4, -0.2) is 18.0 Å². The molecule has 0 aromatic heterocycles. The summed E-state index contributed by atoms with van der Waals surface area (Å²) in [5.74, 6) is 0.0774. The smallest absolute Gasteiger partial charge is 0.318 e. The van der Waals surface area contributed by atoms with Gasteiger partial charge in [0.25, 0.3) is 0 Å². The van der Waals surface area contributed by atoms with Gasteiger partial charge in [0.1, 0.15) is 0 Å². The van der Waals surface area contributed by atoms with Gasteiger partial charge in [0.2, 0.25) is 5.91 Å². The number of nitrogens with one attached hydrogen (secondary N) is 2. The lowest BCUT2D eigenvalue weighted by Crippen LogP contribution is -2.46. The first-order valence-electron chi connectivity index (χ1n) is 6.32. The summed E-state index contributed by atoms with van der Waals surface area (Å²) in [5, 5.41) is 5.07. The van der Waals surface area contributed by atoms with Crippen LogP contribution in [0.5, 0.6) is 0 Å². The van der Waals surface area contributed by atoms with E-state index in [-0.39, 0.29) is 0 Å². The van der Waals surface area contributed by atoms with E-state index in [4.69, 9.17) is 5.73 Å². The summed E-state index contributed by atoms with van der Waals surface area (Å²) in [7, 11) is 0. The summed E-state index contributed by atoms with van der Waals surface area (Å²) < 4.78 is 0. The third-order valence-electron chi connectivity index (χ3n) is 2.90. The van der Waals surface area contributed by atoms with Gasteiger partial charge in [-0.25, -0.2) is 4.79 Å². The van der Waals surface area contributed by atoms with E-state index in [0.29, 0.717) is 12.5 Å². The molecule has 0 radical (unpaired) electrons. The molecule has 1 unspecified atom stereocenters. The minimum absolute atomic E-state index is 0.425. The van der Waals surface area contributed by atoms with Gasteiger partial charge in [-0.2, -0.15) is 0 Å². The summed E-state index contributed by atoms with van der Waals surface area (Å²) in [4.78, 5) is 22.0. The molecule has 19 heavy (non-hydrogen) atoms. The monoisotopic (exact) mass is 263 g/mol. The Morgan fingerprint density at radius 2 is 1.74 bits per heavy atom. The molecular formula is C14H21N3O2. The summed E-state index contributed by atoms with van der Waals surface area (Å²) in [6, 6.07) is 6.91. The SMILES string of the molecule is CC(NCc1ccc(C(C)C)cc1)C(=O)NC(N)=O. The van der Waals surface area contributed by atoms with Gasteiger partial charge in [0.05, 0.1) is 6.04 Å². The van der Waals surface area contributed by atoms with Crippen molar-refractivity contribution in [2.75, 3.05) is 0 Å². The first-order valence-corrected chi connectivity index (χ1v) is 6.32. The number of primary amides is 1. The molecule has 0 aliphatic rings. The molecule has 1 aromatic rings. The number of urea groups is 1. The zero-order valence-corrected chi connectivity index (χ0v) is 11.6. The minimum Gasteiger partial charge on any atom is -0.351 e. The van der Waals surface area contributed by atoms with Gasteiger partial charge < -0.3 is 11.1 Å². The number of carbonyl (C=O) groups is 2. The van der Waals surface area contributed by atoms with Crippen LogP contribution in [0.3, 0.4) is 0 Å². The van der Waals surface area contributed by atoms with Crippen LogP contribution in [0.2, 0.25) is 0 Å². The zero-order valence-electron chi connectivity index (χ0n) is 11.6. The van der Waals surface area contributed by atoms with E-state index >= 15 is 0 Å². The van der Waals surface area contributed by atoms with Crippen molar-refractivity contribution in [2.45, 2.75) is 39.3 Å². The number of rotatable bonds is 5. The lowest BCUT2D eigenvalue weighted by molar-refractivity contribution is -0.121. The molecule has 5 nitrogen and oxygen atoms in total. The molecule has 1 aromatic carbocycles. The van der Waals surface area contributed by atoms with Crippen molar-refractivity contribution in [3.63, 3.8) is 0 Å². The van der Waals surface area contributed by atoms with Gasteiger partial charge in [0, 0.05) is 6.54 Å². The highest BCUT2D eigenvalue weighted by atomic mass is 16.2. The van der Waals surface area contributed by atoms with Crippen LogP contribution in [0.25, 0.3) is 0 Å². The highest BCUT2D eigenvalue weighted by molar-refractivity contribution is 5.96. The summed E-state index contributed by atoms with van der Waals surface area (Å²) in [6.07, 6.45) is 0. The maximum Gasteiger partial charge on any atom is 0.318 e. The Kier molecular flexibility index (Phi) is 5.51. The van der Waals surface area contributed by atoms with Crippen molar-refractivity contribution in [1.82, 2.24) is 10.6 Å². The second kappa shape index (κ2) is 6.89. The summed E-state index contributed by atoms with van der Waals surface area (Å²) >= 11 is 0. The number of benzene rings is 1. The molecule has 0 saturated carbocycles. The average molecular weight is 263 g/mol. The topological polar surface area (TPSA) is 84.2 Å². The van der Waals surface area contributed by atoms with Crippen molar-refractivity contribution in [3.05, 3.63) is 35.4 Å². The molecule has 5 heteroatoms. The zero-order chi connectivity index (χ0) is 14.4. The fraction of sp³-hybridized carbons (Fsp3) is 0.429. The number of carbonyl (C=O) groups excluding carboxylic acids is 2. The van der Waals surface area contributed by atoms with Gasteiger partial charge in [-0.05, 0) is 24.0 Å². The van der Waals surface area contributed by atoms with E-state index < -0.39 is 18.0 Å². The number of imide groups is 1. The molecule has 0 saturated heterocycles. The number of nitrogens with two attached hydrogens (primary N) is 1. The Balaban J connectivity index is 2.48. The normalized spacial score (nSPS) is 12.2. The summed E-state index contributed by atoms with van der Waals surface area (Å²) in [6.45, 7) is 6.53. The van der Waals surface area contributed by atoms with Crippen LogP contribution in [0.1, 0.15) is 37.8 Å². The van der Waals surface area contributed by atoms with E-state index in [1.54, 1.807) is 6.92 Å². The predicted molar refractivity (Wildman–Crippen MR) is 74.6 cm³/mol. The highest BCUT2D eigenvalue weighted by Gasteiger charge is 2.13. The van der Waals surface area contributed by atoms with E-state index in [0.717, 1.165) is 5.56 Å². The first kappa shape index (κ1) is 15.2. The van der Waals surface area contributed by atoms with Crippen LogP contribution in [0, 0.1) is 0 Å². The lowest BCUT2D eigenvalue weighted by atomic mass is 10.0. The molecule has 4 N–H and O–H groups in total. The molecule has 0 bridgehead atoms. The van der Waals surface area contributed by atoms with E-state index in [2.05, 4.69) is 31.3 Å². The van der Waals surface area contributed by atoms with Gasteiger partial charge in [-0.15, -0.1) is 0 Å². The second-order valence-electron chi connectivity index (χ2n) is 4.85. The minimum atomic E-state index is -0.833. The van der Waals surface area contributed by atoms with E-state index in [1.807, 2.05) is 17.4 Å². The van der Waals surface area contributed by atoms with Gasteiger partial charge in [0.15, 0.2) is 0 Å². The Hall–Kier alpha value is -1.88. The molecule has 0 spiro atoms. The fourth-order valence-corrected chi connectivity index (χ4v) is 1.61. The van der Waals surface area contributed by atoms with Gasteiger partial charge in [-0.3, -0.25) is 10.1 Å². The molecule has 3 amide bonds. The Labute approximate surface area is 113 Å². The predicted octanol–water partition coefficient (Wildman–Crippen LogP) is 1.48. The standard InChI is InChI=1S/C14H21N3O2/c1-9(2)12-6-4-11(5-7-12)8-16-10(3)13(18)17-14(15)19/h4-7,9-10,16H,8H2,1-3H3,(H3,15,17,18,19). The molecule has 104 valence electrons. The Morgan fingerprint density at radius 3 is 2.21 bits per heavy atom. The van der Waals surface area contributed by atoms with E-state index in [1.165, 1.54) is 5.56 Å². The van der Waals surface area contributed by atoms with Crippen LogP contribution in [0.15, 0.2) is 24.3 Å². The number of amides is 3. The van der Waals surface area contributed by atoms with Gasteiger partial charge in [-0.1, -0.05) is 38.1 Å². The largest absolute Gasteiger partial charge is 0.351 e. The van der Waals surface area contributed by atoms with E-state index in [9.17, 15) is 9.59 Å². The van der Waals surface area contributed by atoms with Crippen molar-refractivity contribution in [2.24, 2.45) is 5.73 Å².